The lowest BCUT2D eigenvalue weighted by Gasteiger charge is -2.30. The number of rotatable bonds is 7. The van der Waals surface area contributed by atoms with Gasteiger partial charge in [0.05, 0.1) is 10.8 Å². The maximum Gasteiger partial charge on any atom is 0.309 e. The van der Waals surface area contributed by atoms with Crippen LogP contribution in [0.4, 0.5) is 11.4 Å². The number of ether oxygens (including phenoxy) is 1. The summed E-state index contributed by atoms with van der Waals surface area (Å²) in [5.74, 6) is -1.88. The van der Waals surface area contributed by atoms with Gasteiger partial charge in [0.1, 0.15) is 10.6 Å². The van der Waals surface area contributed by atoms with Crippen molar-refractivity contribution >= 4 is 33.3 Å². The van der Waals surface area contributed by atoms with E-state index < -0.39 is 38.8 Å². The van der Waals surface area contributed by atoms with E-state index in [0.717, 1.165) is 0 Å². The van der Waals surface area contributed by atoms with Gasteiger partial charge < -0.3 is 10.1 Å². The summed E-state index contributed by atoms with van der Waals surface area (Å²) in [7, 11) is -3.69. The summed E-state index contributed by atoms with van der Waals surface area (Å²) in [6, 6.07) is 8.63. The highest BCUT2D eigenvalue weighted by Gasteiger charge is 2.34. The predicted octanol–water partition coefficient (Wildman–Crippen LogP) is 1.96. The molecule has 170 valence electrons. The lowest BCUT2D eigenvalue weighted by Crippen LogP contribution is -2.41. The van der Waals surface area contributed by atoms with Crippen LogP contribution in [-0.4, -0.2) is 53.7 Å². The van der Waals surface area contributed by atoms with Crippen molar-refractivity contribution < 1.29 is 27.7 Å². The summed E-state index contributed by atoms with van der Waals surface area (Å²) in [5, 5.41) is 13.5. The lowest BCUT2D eigenvalue weighted by atomic mass is 9.98. The Labute approximate surface area is 184 Å². The Kier molecular flexibility index (Phi) is 7.15. The van der Waals surface area contributed by atoms with E-state index in [4.69, 9.17) is 4.74 Å². The molecule has 3 rings (SSSR count). The van der Waals surface area contributed by atoms with Crippen molar-refractivity contribution in [1.82, 2.24) is 9.29 Å². The molecule has 0 aliphatic carbocycles. The number of carbonyl (C=O) groups is 2. The van der Waals surface area contributed by atoms with E-state index in [1.165, 1.54) is 60.0 Å². The molecule has 0 spiro atoms. The van der Waals surface area contributed by atoms with Gasteiger partial charge in [0.2, 0.25) is 10.0 Å². The maximum atomic E-state index is 12.6. The zero-order valence-electron chi connectivity index (χ0n) is 17.2. The third-order valence-corrected chi connectivity index (χ3v) is 6.96. The second-order valence-corrected chi connectivity index (χ2v) is 9.15. The normalized spacial score (nSPS) is 16.2. The molecular formula is C20H22N4O7S. The number of esters is 1. The van der Waals surface area contributed by atoms with E-state index in [1.54, 1.807) is 0 Å². The van der Waals surface area contributed by atoms with Crippen LogP contribution >= 0.6 is 0 Å². The fourth-order valence-electron chi connectivity index (χ4n) is 3.28. The van der Waals surface area contributed by atoms with Gasteiger partial charge in [0.15, 0.2) is 6.10 Å². The summed E-state index contributed by atoms with van der Waals surface area (Å²) in [6.45, 7) is 1.63. The number of nitrogens with zero attached hydrogens (tertiary/aromatic N) is 3. The van der Waals surface area contributed by atoms with Crippen LogP contribution in [0.3, 0.4) is 0 Å². The standard InChI is InChI=1S/C20H22N4O7S/c1-14(19(25)22-17-6-2-3-7-18(17)24(27)28)31-20(26)15-8-11-23(12-9-15)32(29,30)16-5-4-10-21-13-16/h2-7,10,13-15H,8-9,11-12H2,1H3,(H,22,25). The number of benzene rings is 1. The molecule has 1 unspecified atom stereocenters. The first-order valence-corrected chi connectivity index (χ1v) is 11.3. The van der Waals surface area contributed by atoms with Gasteiger partial charge >= 0.3 is 5.97 Å². The molecule has 1 aromatic carbocycles. The number of anilines is 1. The van der Waals surface area contributed by atoms with Crippen LogP contribution in [0.5, 0.6) is 0 Å². The number of hydrogen-bond donors (Lipinski definition) is 1. The van der Waals surface area contributed by atoms with Crippen molar-refractivity contribution in [3.05, 3.63) is 58.9 Å². The number of carbonyl (C=O) groups excluding carboxylic acids is 2. The van der Waals surface area contributed by atoms with Crippen molar-refractivity contribution in [3.8, 4) is 0 Å². The van der Waals surface area contributed by atoms with Crippen LogP contribution in [0.25, 0.3) is 0 Å². The van der Waals surface area contributed by atoms with Gasteiger partial charge in [-0.3, -0.25) is 24.7 Å². The number of amides is 1. The minimum Gasteiger partial charge on any atom is -0.452 e. The predicted molar refractivity (Wildman–Crippen MR) is 113 cm³/mol. The summed E-state index contributed by atoms with van der Waals surface area (Å²) >= 11 is 0. The molecule has 12 heteroatoms. The zero-order valence-corrected chi connectivity index (χ0v) is 18.0. The molecule has 1 aliphatic heterocycles. The lowest BCUT2D eigenvalue weighted by molar-refractivity contribution is -0.383. The molecule has 1 saturated heterocycles. The number of sulfonamides is 1. The van der Waals surface area contributed by atoms with Gasteiger partial charge in [-0.25, -0.2) is 8.42 Å². The molecule has 0 saturated carbocycles. The van der Waals surface area contributed by atoms with Crippen molar-refractivity contribution in [2.45, 2.75) is 30.8 Å². The van der Waals surface area contributed by atoms with Crippen LogP contribution in [0.15, 0.2) is 53.7 Å². The monoisotopic (exact) mass is 462 g/mol. The second kappa shape index (κ2) is 9.83. The zero-order chi connectivity index (χ0) is 23.3. The molecule has 2 aromatic rings. The van der Waals surface area contributed by atoms with Crippen LogP contribution in [0, 0.1) is 16.0 Å². The minimum absolute atomic E-state index is 0.000634. The number of nitro groups is 1. The average molecular weight is 462 g/mol. The number of nitrogens with one attached hydrogen (secondary N) is 1. The Morgan fingerprint density at radius 1 is 1.22 bits per heavy atom. The maximum absolute atomic E-state index is 12.6. The number of nitro benzene ring substituents is 1. The van der Waals surface area contributed by atoms with Crippen molar-refractivity contribution in [2.24, 2.45) is 5.92 Å². The van der Waals surface area contributed by atoms with E-state index in [0.29, 0.717) is 0 Å². The molecule has 1 atom stereocenters. The second-order valence-electron chi connectivity index (χ2n) is 7.21. The molecule has 11 nitrogen and oxygen atoms in total. The highest BCUT2D eigenvalue weighted by atomic mass is 32.2. The highest BCUT2D eigenvalue weighted by molar-refractivity contribution is 7.89. The molecule has 1 aliphatic rings. The third-order valence-electron chi connectivity index (χ3n) is 5.08. The number of pyridine rings is 1. The van der Waals surface area contributed by atoms with Gasteiger partial charge in [-0.15, -0.1) is 0 Å². The molecule has 0 bridgehead atoms. The first-order valence-electron chi connectivity index (χ1n) is 9.85. The smallest absolute Gasteiger partial charge is 0.309 e. The molecule has 1 aromatic heterocycles. The number of aromatic nitrogens is 1. The quantitative estimate of drug-likeness (QED) is 0.373. The van der Waals surface area contributed by atoms with Gasteiger partial charge in [0.25, 0.3) is 11.6 Å². The molecule has 2 heterocycles. The summed E-state index contributed by atoms with van der Waals surface area (Å²) in [5.41, 5.74) is -0.277. The average Bonchev–Trinajstić information content (AvgIpc) is 2.79. The molecule has 0 radical (unpaired) electrons. The van der Waals surface area contributed by atoms with Crippen molar-refractivity contribution in [3.63, 3.8) is 0 Å². The molecular weight excluding hydrogens is 440 g/mol. The van der Waals surface area contributed by atoms with Crippen LogP contribution in [0.2, 0.25) is 0 Å². The van der Waals surface area contributed by atoms with Gasteiger partial charge in [-0.05, 0) is 38.0 Å². The Morgan fingerprint density at radius 2 is 1.91 bits per heavy atom. The Morgan fingerprint density at radius 3 is 2.53 bits per heavy atom. The molecule has 1 N–H and O–H groups in total. The minimum atomic E-state index is -3.69. The van der Waals surface area contributed by atoms with Gasteiger partial charge in [-0.2, -0.15) is 4.31 Å². The van der Waals surface area contributed by atoms with Crippen LogP contribution in [-0.2, 0) is 24.3 Å². The molecule has 1 fully saturated rings. The van der Waals surface area contributed by atoms with E-state index in [1.807, 2.05) is 0 Å². The molecule has 32 heavy (non-hydrogen) atoms. The largest absolute Gasteiger partial charge is 0.452 e. The van der Waals surface area contributed by atoms with Crippen LogP contribution in [0.1, 0.15) is 19.8 Å². The Bertz CT molecular complexity index is 1100. The third kappa shape index (κ3) is 5.26. The van der Waals surface area contributed by atoms with E-state index in [9.17, 15) is 28.1 Å². The highest BCUT2D eigenvalue weighted by Crippen LogP contribution is 2.26. The Hall–Kier alpha value is -3.38. The fourth-order valence-corrected chi connectivity index (χ4v) is 4.71. The SMILES string of the molecule is CC(OC(=O)C1CCN(S(=O)(=O)c2cccnc2)CC1)C(=O)Nc1ccccc1[N+](=O)[O-]. The topological polar surface area (TPSA) is 149 Å². The van der Waals surface area contributed by atoms with E-state index in [2.05, 4.69) is 10.3 Å². The fraction of sp³-hybridized carbons (Fsp3) is 0.350. The van der Waals surface area contributed by atoms with Crippen LogP contribution < -0.4 is 5.32 Å². The molecule has 1 amide bonds. The van der Waals surface area contributed by atoms with E-state index >= 15 is 0 Å². The van der Waals surface area contributed by atoms with Crippen molar-refractivity contribution in [1.29, 1.82) is 0 Å². The van der Waals surface area contributed by atoms with Gasteiger partial charge in [-0.1, -0.05) is 12.1 Å². The number of piperidine rings is 1. The summed E-state index contributed by atoms with van der Waals surface area (Å²) < 4.78 is 31.8. The summed E-state index contributed by atoms with van der Waals surface area (Å²) in [4.78, 5) is 39.2. The first kappa shape index (κ1) is 23.3. The van der Waals surface area contributed by atoms with E-state index in [-0.39, 0.29) is 42.2 Å². The Balaban J connectivity index is 1.55. The summed E-state index contributed by atoms with van der Waals surface area (Å²) in [6.07, 6.45) is 2.06. The first-order chi connectivity index (χ1) is 15.2. The van der Waals surface area contributed by atoms with Gasteiger partial charge in [0, 0.05) is 31.5 Å². The van der Waals surface area contributed by atoms with Crippen molar-refractivity contribution in [2.75, 3.05) is 18.4 Å². The number of hydrogen-bond acceptors (Lipinski definition) is 8. The number of para-hydroxylation sites is 2.